The number of nitrogens with zero attached hydrogens (tertiary/aromatic N) is 1. The lowest BCUT2D eigenvalue weighted by molar-refractivity contribution is 0.102. The van der Waals surface area contributed by atoms with E-state index in [-0.39, 0.29) is 5.91 Å². The molecule has 0 radical (unpaired) electrons. The van der Waals surface area contributed by atoms with E-state index in [1.54, 1.807) is 18.3 Å². The van der Waals surface area contributed by atoms with Crippen molar-refractivity contribution in [3.63, 3.8) is 0 Å². The Labute approximate surface area is 122 Å². The van der Waals surface area contributed by atoms with Gasteiger partial charge in [-0.15, -0.1) is 0 Å². The minimum absolute atomic E-state index is 0.255. The molecule has 0 unspecified atom stereocenters. The lowest BCUT2D eigenvalue weighted by Crippen LogP contribution is -2.14. The van der Waals surface area contributed by atoms with Crippen LogP contribution in [0.3, 0.4) is 0 Å². The van der Waals surface area contributed by atoms with E-state index in [1.165, 1.54) is 0 Å². The van der Waals surface area contributed by atoms with Crippen LogP contribution in [0.15, 0.2) is 54.7 Å². The van der Waals surface area contributed by atoms with Crippen molar-refractivity contribution in [1.82, 2.24) is 4.98 Å². The molecule has 0 saturated heterocycles. The third-order valence-electron chi connectivity index (χ3n) is 3.32. The first kappa shape index (κ1) is 13.1. The van der Waals surface area contributed by atoms with Crippen LogP contribution in [0.5, 0.6) is 0 Å². The van der Waals surface area contributed by atoms with Crippen molar-refractivity contribution in [2.45, 2.75) is 6.92 Å². The Hall–Kier alpha value is -2.88. The van der Waals surface area contributed by atoms with Gasteiger partial charge < -0.3 is 11.1 Å². The van der Waals surface area contributed by atoms with E-state index in [4.69, 9.17) is 5.73 Å². The highest BCUT2D eigenvalue weighted by Crippen LogP contribution is 2.22. The number of nitrogens with one attached hydrogen (secondary N) is 1. The van der Waals surface area contributed by atoms with Crippen molar-refractivity contribution in [2.75, 3.05) is 11.1 Å². The van der Waals surface area contributed by atoms with Gasteiger partial charge in [0.05, 0.1) is 5.56 Å². The molecule has 1 heterocycles. The molecular weight excluding hydrogens is 262 g/mol. The lowest BCUT2D eigenvalue weighted by atomic mass is 10.0. The van der Waals surface area contributed by atoms with Gasteiger partial charge in [0, 0.05) is 11.9 Å². The zero-order chi connectivity index (χ0) is 14.8. The molecule has 21 heavy (non-hydrogen) atoms. The van der Waals surface area contributed by atoms with Gasteiger partial charge in [0.25, 0.3) is 5.91 Å². The highest BCUT2D eigenvalue weighted by Gasteiger charge is 2.11. The summed E-state index contributed by atoms with van der Waals surface area (Å²) in [6.45, 7) is 1.94. The maximum absolute atomic E-state index is 12.3. The van der Waals surface area contributed by atoms with Crippen molar-refractivity contribution < 1.29 is 4.79 Å². The summed E-state index contributed by atoms with van der Waals surface area (Å²) in [4.78, 5) is 16.5. The molecule has 0 spiro atoms. The van der Waals surface area contributed by atoms with Crippen LogP contribution in [0.25, 0.3) is 10.8 Å². The van der Waals surface area contributed by atoms with E-state index in [9.17, 15) is 4.79 Å². The van der Waals surface area contributed by atoms with E-state index in [2.05, 4.69) is 10.3 Å². The van der Waals surface area contributed by atoms with E-state index >= 15 is 0 Å². The van der Waals surface area contributed by atoms with Crippen molar-refractivity contribution in [1.29, 1.82) is 0 Å². The third-order valence-corrected chi connectivity index (χ3v) is 3.32. The summed E-state index contributed by atoms with van der Waals surface area (Å²) in [7, 11) is 0. The second-order valence-electron chi connectivity index (χ2n) is 4.96. The maximum Gasteiger partial charge on any atom is 0.258 e. The van der Waals surface area contributed by atoms with Crippen LogP contribution in [0.2, 0.25) is 0 Å². The average molecular weight is 277 g/mol. The number of carbonyl (C=O) groups excluding carboxylic acids is 1. The molecule has 0 bridgehead atoms. The average Bonchev–Trinajstić information content (AvgIpc) is 2.49. The van der Waals surface area contributed by atoms with Crippen LogP contribution in [0.1, 0.15) is 15.9 Å². The summed E-state index contributed by atoms with van der Waals surface area (Å²) in [5, 5.41) is 4.76. The van der Waals surface area contributed by atoms with Gasteiger partial charge in [-0.25, -0.2) is 4.98 Å². The highest BCUT2D eigenvalue weighted by atomic mass is 16.1. The quantitative estimate of drug-likeness (QED) is 0.706. The van der Waals surface area contributed by atoms with Gasteiger partial charge >= 0.3 is 0 Å². The minimum Gasteiger partial charge on any atom is -0.398 e. The smallest absolute Gasteiger partial charge is 0.258 e. The summed E-state index contributed by atoms with van der Waals surface area (Å²) in [5.41, 5.74) is 7.94. The number of pyridine rings is 1. The minimum atomic E-state index is -0.255. The topological polar surface area (TPSA) is 68.0 Å². The third kappa shape index (κ3) is 2.69. The van der Waals surface area contributed by atoms with Crippen LogP contribution >= 0.6 is 0 Å². The number of fused-ring (bicyclic) bond motifs is 1. The fourth-order valence-electron chi connectivity index (χ4n) is 2.18. The number of aromatic nitrogens is 1. The van der Waals surface area contributed by atoms with Gasteiger partial charge in [0.2, 0.25) is 0 Å². The molecule has 1 aromatic heterocycles. The van der Waals surface area contributed by atoms with E-state index in [0.29, 0.717) is 17.1 Å². The van der Waals surface area contributed by atoms with Crippen LogP contribution in [0, 0.1) is 6.92 Å². The monoisotopic (exact) mass is 277 g/mol. The van der Waals surface area contributed by atoms with Crippen molar-refractivity contribution >= 4 is 28.2 Å². The maximum atomic E-state index is 12.3. The second-order valence-corrected chi connectivity index (χ2v) is 4.96. The van der Waals surface area contributed by atoms with Crippen LogP contribution in [0.4, 0.5) is 11.5 Å². The molecular formula is C17H15N3O. The molecule has 0 aliphatic carbocycles. The molecule has 2 aromatic carbocycles. The molecule has 1 amide bonds. The highest BCUT2D eigenvalue weighted by molar-refractivity contribution is 6.10. The first-order valence-corrected chi connectivity index (χ1v) is 6.66. The van der Waals surface area contributed by atoms with Crippen molar-refractivity contribution in [3.05, 3.63) is 65.9 Å². The Kier molecular flexibility index (Phi) is 3.28. The normalized spacial score (nSPS) is 10.5. The number of hydrogen-bond donors (Lipinski definition) is 2. The van der Waals surface area contributed by atoms with Crippen molar-refractivity contribution in [2.24, 2.45) is 0 Å². The summed E-state index contributed by atoms with van der Waals surface area (Å²) >= 11 is 0. The summed E-state index contributed by atoms with van der Waals surface area (Å²) < 4.78 is 0. The number of nitrogen functional groups attached to an aromatic ring is 1. The number of aryl methyl sites for hydroxylation is 1. The second kappa shape index (κ2) is 5.25. The van der Waals surface area contributed by atoms with Gasteiger partial charge in [0.15, 0.2) is 0 Å². The van der Waals surface area contributed by atoms with Gasteiger partial charge in [-0.1, -0.05) is 30.3 Å². The fraction of sp³-hybridized carbons (Fsp3) is 0.0588. The Bertz CT molecular complexity index is 810. The molecule has 0 atom stereocenters. The van der Waals surface area contributed by atoms with E-state index in [1.807, 2.05) is 43.3 Å². The molecule has 104 valence electrons. The summed E-state index contributed by atoms with van der Waals surface area (Å²) in [5.74, 6) is 0.257. The van der Waals surface area contributed by atoms with Crippen LogP contribution < -0.4 is 11.1 Å². The number of rotatable bonds is 2. The predicted molar refractivity (Wildman–Crippen MR) is 85.3 cm³/mol. The van der Waals surface area contributed by atoms with Gasteiger partial charge in [-0.3, -0.25) is 4.79 Å². The first-order valence-electron chi connectivity index (χ1n) is 6.66. The molecule has 0 saturated carbocycles. The fourth-order valence-corrected chi connectivity index (χ4v) is 2.18. The van der Waals surface area contributed by atoms with E-state index < -0.39 is 0 Å². The molecule has 0 fully saturated rings. The predicted octanol–water partition coefficient (Wildman–Crippen LogP) is 3.38. The van der Waals surface area contributed by atoms with E-state index in [0.717, 1.165) is 16.3 Å². The molecule has 3 rings (SSSR count). The number of anilines is 2. The first-order chi connectivity index (χ1) is 10.1. The van der Waals surface area contributed by atoms with Gasteiger partial charge in [0.1, 0.15) is 5.82 Å². The molecule has 0 aliphatic rings. The molecule has 0 aliphatic heterocycles. The Morgan fingerprint density at radius 3 is 2.48 bits per heavy atom. The zero-order valence-corrected chi connectivity index (χ0v) is 11.6. The summed E-state index contributed by atoms with van der Waals surface area (Å²) in [6, 6.07) is 15.1. The number of amides is 1. The number of hydrogen-bond acceptors (Lipinski definition) is 3. The molecule has 3 N–H and O–H groups in total. The summed E-state index contributed by atoms with van der Waals surface area (Å²) in [6.07, 6.45) is 1.71. The van der Waals surface area contributed by atoms with Gasteiger partial charge in [-0.05, 0) is 41.5 Å². The SMILES string of the molecule is Cc1ccc(NC(=O)c2cc3ccccc3cc2N)nc1. The van der Waals surface area contributed by atoms with Crippen molar-refractivity contribution in [3.8, 4) is 0 Å². The van der Waals surface area contributed by atoms with Crippen LogP contribution in [-0.2, 0) is 0 Å². The number of nitrogens with two attached hydrogens (primary N) is 1. The lowest BCUT2D eigenvalue weighted by Gasteiger charge is -2.09. The van der Waals surface area contributed by atoms with Crippen LogP contribution in [-0.4, -0.2) is 10.9 Å². The molecule has 4 nitrogen and oxygen atoms in total. The Morgan fingerprint density at radius 1 is 1.10 bits per heavy atom. The van der Waals surface area contributed by atoms with Gasteiger partial charge in [-0.2, -0.15) is 0 Å². The molecule has 3 aromatic rings. The Morgan fingerprint density at radius 2 is 1.81 bits per heavy atom. The largest absolute Gasteiger partial charge is 0.398 e. The number of benzene rings is 2. The number of carbonyl (C=O) groups is 1. The molecule has 4 heteroatoms. The standard InChI is InChI=1S/C17H15N3O/c1-11-6-7-16(19-10-11)20-17(21)14-8-12-4-2-3-5-13(12)9-15(14)18/h2-10H,18H2,1H3,(H,19,20,21). The Balaban J connectivity index is 1.93. The zero-order valence-electron chi connectivity index (χ0n) is 11.6.